The zero-order valence-electron chi connectivity index (χ0n) is 6.66. The molecule has 0 aliphatic heterocycles. The van der Waals surface area contributed by atoms with Gasteiger partial charge in [0.25, 0.3) is 0 Å². The third kappa shape index (κ3) is 1.19. The SMILES string of the molecule is Oc1cccc2c(O)c(Cl)ccc12. The number of aromatic hydroxyl groups is 2. The molecule has 0 unspecified atom stereocenters. The van der Waals surface area contributed by atoms with Crippen LogP contribution >= 0.6 is 11.6 Å². The summed E-state index contributed by atoms with van der Waals surface area (Å²) in [6, 6.07) is 8.16. The van der Waals surface area contributed by atoms with Crippen LogP contribution in [0.25, 0.3) is 10.8 Å². The van der Waals surface area contributed by atoms with Crippen molar-refractivity contribution in [3.05, 3.63) is 35.4 Å². The van der Waals surface area contributed by atoms with Crippen molar-refractivity contribution in [1.29, 1.82) is 0 Å². The minimum atomic E-state index is 0.00932. The molecule has 0 aliphatic rings. The molecule has 0 heterocycles. The van der Waals surface area contributed by atoms with Crippen LogP contribution in [-0.4, -0.2) is 10.2 Å². The fraction of sp³-hybridized carbons (Fsp3) is 0. The molecule has 0 atom stereocenters. The van der Waals surface area contributed by atoms with Crippen LogP contribution in [0, 0.1) is 0 Å². The number of hydrogen-bond donors (Lipinski definition) is 2. The second kappa shape index (κ2) is 2.82. The van der Waals surface area contributed by atoms with E-state index in [-0.39, 0.29) is 16.5 Å². The highest BCUT2D eigenvalue weighted by atomic mass is 35.5. The smallest absolute Gasteiger partial charge is 0.142 e. The molecule has 0 aromatic heterocycles. The highest BCUT2D eigenvalue weighted by Crippen LogP contribution is 2.35. The van der Waals surface area contributed by atoms with Crippen LogP contribution in [0.3, 0.4) is 0 Å². The first-order chi connectivity index (χ1) is 6.20. The van der Waals surface area contributed by atoms with Crippen LogP contribution < -0.4 is 0 Å². The van der Waals surface area contributed by atoms with Gasteiger partial charge in [0, 0.05) is 10.8 Å². The Hall–Kier alpha value is -1.41. The first-order valence-corrected chi connectivity index (χ1v) is 4.17. The normalized spacial score (nSPS) is 10.5. The summed E-state index contributed by atoms with van der Waals surface area (Å²) in [5, 5.41) is 20.4. The van der Waals surface area contributed by atoms with Crippen molar-refractivity contribution in [2.75, 3.05) is 0 Å². The molecule has 2 aromatic rings. The predicted octanol–water partition coefficient (Wildman–Crippen LogP) is 2.90. The molecule has 0 saturated carbocycles. The Balaban J connectivity index is 2.94. The molecule has 0 saturated heterocycles. The van der Waals surface area contributed by atoms with E-state index in [1.54, 1.807) is 30.3 Å². The van der Waals surface area contributed by atoms with Gasteiger partial charge in [-0.15, -0.1) is 0 Å². The molecule has 0 amide bonds. The summed E-state index contributed by atoms with van der Waals surface area (Å²) < 4.78 is 0. The van der Waals surface area contributed by atoms with Crippen LogP contribution in [0.5, 0.6) is 11.5 Å². The number of phenolic OH excluding ortho intramolecular Hbond substituents is 2. The van der Waals surface area contributed by atoms with Gasteiger partial charge in [0.2, 0.25) is 0 Å². The second-order valence-corrected chi connectivity index (χ2v) is 3.18. The summed E-state index contributed by atoms with van der Waals surface area (Å²) in [7, 11) is 0. The number of benzene rings is 2. The van der Waals surface area contributed by atoms with Crippen molar-refractivity contribution < 1.29 is 10.2 Å². The van der Waals surface area contributed by atoms with E-state index in [0.29, 0.717) is 10.8 Å². The van der Waals surface area contributed by atoms with Crippen molar-refractivity contribution >= 4 is 22.4 Å². The summed E-state index contributed by atoms with van der Waals surface area (Å²) >= 11 is 5.71. The topological polar surface area (TPSA) is 40.5 Å². The van der Waals surface area contributed by atoms with Gasteiger partial charge in [0.1, 0.15) is 11.5 Å². The van der Waals surface area contributed by atoms with E-state index in [4.69, 9.17) is 11.6 Å². The Morgan fingerprint density at radius 3 is 2.46 bits per heavy atom. The Bertz CT molecular complexity index is 466. The Morgan fingerprint density at radius 2 is 1.69 bits per heavy atom. The summed E-state index contributed by atoms with van der Waals surface area (Å²) in [4.78, 5) is 0. The van der Waals surface area contributed by atoms with Gasteiger partial charge in [-0.1, -0.05) is 23.7 Å². The molecule has 2 rings (SSSR count). The van der Waals surface area contributed by atoms with Crippen LogP contribution in [-0.2, 0) is 0 Å². The van der Waals surface area contributed by atoms with Gasteiger partial charge >= 0.3 is 0 Å². The molecule has 2 nitrogen and oxygen atoms in total. The largest absolute Gasteiger partial charge is 0.507 e. The third-order valence-electron chi connectivity index (χ3n) is 1.96. The molecule has 2 N–H and O–H groups in total. The molecule has 0 fully saturated rings. The lowest BCUT2D eigenvalue weighted by molar-refractivity contribution is 0.476. The minimum Gasteiger partial charge on any atom is -0.507 e. The molecular weight excluding hydrogens is 188 g/mol. The summed E-state index contributed by atoms with van der Waals surface area (Å²) in [6.07, 6.45) is 0. The summed E-state index contributed by atoms with van der Waals surface area (Å²) in [5.41, 5.74) is 0. The second-order valence-electron chi connectivity index (χ2n) is 2.77. The highest BCUT2D eigenvalue weighted by Gasteiger charge is 2.06. The molecule has 0 bridgehead atoms. The third-order valence-corrected chi connectivity index (χ3v) is 2.27. The average Bonchev–Trinajstić information content (AvgIpc) is 2.12. The van der Waals surface area contributed by atoms with Gasteiger partial charge < -0.3 is 10.2 Å². The van der Waals surface area contributed by atoms with Crippen molar-refractivity contribution in [3.63, 3.8) is 0 Å². The number of halogens is 1. The maximum Gasteiger partial charge on any atom is 0.142 e. The average molecular weight is 195 g/mol. The first-order valence-electron chi connectivity index (χ1n) is 3.79. The Morgan fingerprint density at radius 1 is 0.923 bits per heavy atom. The zero-order chi connectivity index (χ0) is 9.42. The Labute approximate surface area is 80.0 Å². The zero-order valence-corrected chi connectivity index (χ0v) is 7.42. The molecule has 2 aromatic carbocycles. The van der Waals surface area contributed by atoms with Crippen molar-refractivity contribution in [3.8, 4) is 11.5 Å². The van der Waals surface area contributed by atoms with E-state index in [2.05, 4.69) is 0 Å². The van der Waals surface area contributed by atoms with Crippen molar-refractivity contribution in [1.82, 2.24) is 0 Å². The standard InChI is InChI=1S/C10H7ClO2/c11-8-5-4-6-7(10(8)13)2-1-3-9(6)12/h1-5,12-13H. The number of phenols is 2. The Kier molecular flexibility index (Phi) is 1.78. The van der Waals surface area contributed by atoms with Gasteiger partial charge in [-0.3, -0.25) is 0 Å². The van der Waals surface area contributed by atoms with E-state index in [0.717, 1.165) is 0 Å². The fourth-order valence-electron chi connectivity index (χ4n) is 1.30. The summed E-state index contributed by atoms with van der Waals surface area (Å²) in [6.45, 7) is 0. The van der Waals surface area contributed by atoms with Gasteiger partial charge in [0.15, 0.2) is 0 Å². The van der Waals surface area contributed by atoms with Gasteiger partial charge in [-0.25, -0.2) is 0 Å². The molecule has 66 valence electrons. The van der Waals surface area contributed by atoms with E-state index in [9.17, 15) is 10.2 Å². The van der Waals surface area contributed by atoms with E-state index < -0.39 is 0 Å². The maximum atomic E-state index is 9.54. The number of hydrogen-bond acceptors (Lipinski definition) is 2. The molecule has 3 heteroatoms. The van der Waals surface area contributed by atoms with E-state index >= 15 is 0 Å². The molecule has 0 radical (unpaired) electrons. The first kappa shape index (κ1) is 8.20. The minimum absolute atomic E-state index is 0.00932. The van der Waals surface area contributed by atoms with Gasteiger partial charge in [-0.2, -0.15) is 0 Å². The van der Waals surface area contributed by atoms with Crippen LogP contribution in [0.2, 0.25) is 5.02 Å². The molecular formula is C10H7ClO2. The van der Waals surface area contributed by atoms with Crippen LogP contribution in [0.15, 0.2) is 30.3 Å². The lowest BCUT2D eigenvalue weighted by Crippen LogP contribution is -1.75. The molecule has 0 aliphatic carbocycles. The van der Waals surface area contributed by atoms with Gasteiger partial charge in [0.05, 0.1) is 5.02 Å². The fourth-order valence-corrected chi connectivity index (χ4v) is 1.46. The monoisotopic (exact) mass is 194 g/mol. The van der Waals surface area contributed by atoms with Crippen LogP contribution in [0.4, 0.5) is 0 Å². The maximum absolute atomic E-state index is 9.54. The predicted molar refractivity (Wildman–Crippen MR) is 52.3 cm³/mol. The van der Waals surface area contributed by atoms with E-state index in [1.165, 1.54) is 0 Å². The quantitative estimate of drug-likeness (QED) is 0.677. The van der Waals surface area contributed by atoms with Crippen LogP contribution in [0.1, 0.15) is 0 Å². The lowest BCUT2D eigenvalue weighted by Gasteiger charge is -2.03. The van der Waals surface area contributed by atoms with E-state index in [1.807, 2.05) is 0 Å². The lowest BCUT2D eigenvalue weighted by atomic mass is 10.1. The molecule has 13 heavy (non-hydrogen) atoms. The molecule has 0 spiro atoms. The summed E-state index contributed by atoms with van der Waals surface area (Å²) in [5.74, 6) is 0.152. The number of fused-ring (bicyclic) bond motifs is 1. The highest BCUT2D eigenvalue weighted by molar-refractivity contribution is 6.33. The number of rotatable bonds is 0. The van der Waals surface area contributed by atoms with Crippen molar-refractivity contribution in [2.45, 2.75) is 0 Å². The van der Waals surface area contributed by atoms with Crippen molar-refractivity contribution in [2.24, 2.45) is 0 Å². The van der Waals surface area contributed by atoms with Gasteiger partial charge in [-0.05, 0) is 18.2 Å².